The van der Waals surface area contributed by atoms with Gasteiger partial charge < -0.3 is 0 Å². The molecule has 302 valence electrons. The lowest BCUT2D eigenvalue weighted by molar-refractivity contribution is 0.563. The molecule has 0 radical (unpaired) electrons. The lowest BCUT2D eigenvalue weighted by Crippen LogP contribution is -2.40. The van der Waals surface area contributed by atoms with Crippen LogP contribution in [0.4, 0.5) is 0 Å². The number of fused-ring (bicyclic) bond motifs is 9. The van der Waals surface area contributed by atoms with E-state index in [1.165, 1.54) is 83.5 Å². The zero-order chi connectivity index (χ0) is 42.8. The molecule has 12 rings (SSSR count). The number of benzene rings is 9. The highest BCUT2D eigenvalue weighted by molar-refractivity contribution is 5.98. The van der Waals surface area contributed by atoms with Crippen molar-refractivity contribution in [3.63, 3.8) is 0 Å². The molecule has 0 saturated heterocycles. The van der Waals surface area contributed by atoms with E-state index in [1.54, 1.807) is 0 Å². The zero-order valence-corrected chi connectivity index (χ0v) is 36.0. The van der Waals surface area contributed by atoms with Crippen molar-refractivity contribution in [1.29, 1.82) is 0 Å². The third-order valence-electron chi connectivity index (χ3n) is 14.0. The van der Waals surface area contributed by atoms with E-state index in [4.69, 9.17) is 4.98 Å². The summed E-state index contributed by atoms with van der Waals surface area (Å²) >= 11 is 0. The highest BCUT2D eigenvalue weighted by Crippen LogP contribution is 2.63. The molecule has 64 heavy (non-hydrogen) atoms. The van der Waals surface area contributed by atoms with Gasteiger partial charge in [0.25, 0.3) is 0 Å². The van der Waals surface area contributed by atoms with Gasteiger partial charge in [-0.3, -0.25) is 0 Å². The summed E-state index contributed by atoms with van der Waals surface area (Å²) in [4.78, 5) is 5.30. The summed E-state index contributed by atoms with van der Waals surface area (Å²) in [5.41, 5.74) is 23.7. The van der Waals surface area contributed by atoms with Crippen LogP contribution in [0, 0.1) is 0 Å². The Morgan fingerprint density at radius 1 is 0.266 bits per heavy atom. The van der Waals surface area contributed by atoms with Crippen LogP contribution in [0.3, 0.4) is 0 Å². The molecular formula is C63H45N. The number of hydrogen-bond donors (Lipinski definition) is 0. The molecule has 2 aliphatic carbocycles. The standard InChI is InChI=1S/C63H45N/c1-62(2)54-24-12-14-26-56(54)63(57-27-15-13-25-55(57)62)53-38-37-49(46-35-33-45(34-36-46)44-31-29-43(30-32-44)42-17-6-3-7-18-42)39-52(53)61-51(23-16-28-58(61)63)50-40-59(47-19-8-4-9-20-47)64-60(41-50)48-21-10-5-11-22-48/h3-41H,1-2H3. The van der Waals surface area contributed by atoms with Crippen LogP contribution in [0.15, 0.2) is 237 Å². The summed E-state index contributed by atoms with van der Waals surface area (Å²) in [6.45, 7) is 4.78. The quantitative estimate of drug-likeness (QED) is 0.163. The second-order valence-corrected chi connectivity index (χ2v) is 17.8. The largest absolute Gasteiger partial charge is 0.248 e. The summed E-state index contributed by atoms with van der Waals surface area (Å²) in [6, 6.07) is 87.1. The van der Waals surface area contributed by atoms with Crippen molar-refractivity contribution in [1.82, 2.24) is 4.98 Å². The minimum atomic E-state index is -0.519. The van der Waals surface area contributed by atoms with Crippen molar-refractivity contribution < 1.29 is 0 Å². The van der Waals surface area contributed by atoms with Gasteiger partial charge in [-0.1, -0.05) is 232 Å². The molecule has 9 aromatic carbocycles. The molecule has 0 saturated carbocycles. The van der Waals surface area contributed by atoms with Crippen LogP contribution in [0.1, 0.15) is 47.2 Å². The third kappa shape index (κ3) is 5.89. The summed E-state index contributed by atoms with van der Waals surface area (Å²) in [7, 11) is 0. The zero-order valence-electron chi connectivity index (χ0n) is 36.0. The van der Waals surface area contributed by atoms with E-state index in [1.807, 2.05) is 0 Å². The third-order valence-corrected chi connectivity index (χ3v) is 14.0. The Labute approximate surface area is 376 Å². The fraction of sp³-hybridized carbons (Fsp3) is 0.0635. The van der Waals surface area contributed by atoms with Crippen LogP contribution in [-0.2, 0) is 10.8 Å². The van der Waals surface area contributed by atoms with Crippen molar-refractivity contribution >= 4 is 0 Å². The summed E-state index contributed by atoms with van der Waals surface area (Å²) in [6.07, 6.45) is 0. The lowest BCUT2D eigenvalue weighted by Gasteiger charge is -2.46. The van der Waals surface area contributed by atoms with Crippen LogP contribution >= 0.6 is 0 Å². The van der Waals surface area contributed by atoms with Gasteiger partial charge in [-0.25, -0.2) is 4.98 Å². The van der Waals surface area contributed by atoms with E-state index >= 15 is 0 Å². The highest BCUT2D eigenvalue weighted by Gasteiger charge is 2.53. The van der Waals surface area contributed by atoms with Gasteiger partial charge in [-0.15, -0.1) is 0 Å². The molecule has 1 heteroatoms. The second kappa shape index (κ2) is 14.9. The SMILES string of the molecule is CC1(C)c2ccccc2C2(c3ccc(-c4ccc(-c5ccc(-c6ccccc6)cc5)cc4)cc3-c3c(-c4cc(-c5ccccc5)nc(-c5ccccc5)c4)cccc32)c2ccccc21. The number of nitrogens with zero attached hydrogens (tertiary/aromatic N) is 1. The molecule has 0 unspecified atom stereocenters. The molecule has 0 atom stereocenters. The number of pyridine rings is 1. The van der Waals surface area contributed by atoms with Crippen molar-refractivity contribution in [2.45, 2.75) is 24.7 Å². The van der Waals surface area contributed by atoms with Gasteiger partial charge in [0.15, 0.2) is 0 Å². The Morgan fingerprint density at radius 3 is 1.16 bits per heavy atom. The van der Waals surface area contributed by atoms with Gasteiger partial charge in [0.2, 0.25) is 0 Å². The van der Waals surface area contributed by atoms with E-state index in [0.717, 1.165) is 28.1 Å². The molecular weight excluding hydrogens is 771 g/mol. The van der Waals surface area contributed by atoms with Crippen LogP contribution in [-0.4, -0.2) is 4.98 Å². The first-order valence-corrected chi connectivity index (χ1v) is 22.4. The monoisotopic (exact) mass is 815 g/mol. The van der Waals surface area contributed by atoms with Gasteiger partial charge in [0.1, 0.15) is 0 Å². The van der Waals surface area contributed by atoms with Crippen molar-refractivity contribution in [2.75, 3.05) is 0 Å². The summed E-state index contributed by atoms with van der Waals surface area (Å²) < 4.78 is 0. The molecule has 1 aromatic heterocycles. The summed E-state index contributed by atoms with van der Waals surface area (Å²) in [5.74, 6) is 0. The average molecular weight is 816 g/mol. The average Bonchev–Trinajstić information content (AvgIpc) is 3.67. The number of rotatable bonds is 6. The molecule has 0 aliphatic heterocycles. The molecule has 0 fully saturated rings. The van der Waals surface area contributed by atoms with Crippen LogP contribution in [0.25, 0.3) is 78.1 Å². The van der Waals surface area contributed by atoms with E-state index in [9.17, 15) is 0 Å². The maximum Gasteiger partial charge on any atom is 0.0719 e. The van der Waals surface area contributed by atoms with E-state index in [2.05, 4.69) is 250 Å². The molecule has 0 bridgehead atoms. The molecule has 10 aromatic rings. The van der Waals surface area contributed by atoms with Crippen molar-refractivity contribution in [3.05, 3.63) is 270 Å². The highest BCUT2D eigenvalue weighted by atomic mass is 14.7. The van der Waals surface area contributed by atoms with E-state index in [-0.39, 0.29) is 5.41 Å². The van der Waals surface area contributed by atoms with Gasteiger partial charge in [-0.05, 0) is 107 Å². The van der Waals surface area contributed by atoms with Crippen LogP contribution < -0.4 is 0 Å². The van der Waals surface area contributed by atoms with Crippen LogP contribution in [0.5, 0.6) is 0 Å². The molecule has 0 amide bonds. The number of aromatic nitrogens is 1. The van der Waals surface area contributed by atoms with Crippen LogP contribution in [0.2, 0.25) is 0 Å². The first kappa shape index (κ1) is 37.9. The lowest BCUT2D eigenvalue weighted by atomic mass is 9.55. The molecule has 1 heterocycles. The maximum atomic E-state index is 5.30. The second-order valence-electron chi connectivity index (χ2n) is 17.8. The first-order chi connectivity index (χ1) is 31.5. The Kier molecular flexibility index (Phi) is 8.81. The van der Waals surface area contributed by atoms with Crippen molar-refractivity contribution in [3.8, 4) is 78.1 Å². The Bertz CT molecular complexity index is 3260. The molecule has 0 N–H and O–H groups in total. The first-order valence-electron chi connectivity index (χ1n) is 22.4. The van der Waals surface area contributed by atoms with E-state index in [0.29, 0.717) is 0 Å². The maximum absolute atomic E-state index is 5.30. The predicted octanol–water partition coefficient (Wildman–Crippen LogP) is 16.1. The van der Waals surface area contributed by atoms with Gasteiger partial charge in [0.05, 0.1) is 16.8 Å². The minimum Gasteiger partial charge on any atom is -0.248 e. The summed E-state index contributed by atoms with van der Waals surface area (Å²) in [5, 5.41) is 0. The van der Waals surface area contributed by atoms with Gasteiger partial charge in [-0.2, -0.15) is 0 Å². The molecule has 1 nitrogen and oxygen atoms in total. The normalized spacial score (nSPS) is 13.7. The van der Waals surface area contributed by atoms with Gasteiger partial charge in [0, 0.05) is 16.5 Å². The Hall–Kier alpha value is -7.87. The molecule has 1 spiro atoms. The minimum absolute atomic E-state index is 0.178. The smallest absolute Gasteiger partial charge is 0.0719 e. The number of hydrogen-bond acceptors (Lipinski definition) is 1. The van der Waals surface area contributed by atoms with E-state index < -0.39 is 5.41 Å². The fourth-order valence-electron chi connectivity index (χ4n) is 10.9. The Balaban J connectivity index is 1.07. The predicted molar refractivity (Wildman–Crippen MR) is 266 cm³/mol. The fourth-order valence-corrected chi connectivity index (χ4v) is 10.9. The Morgan fingerprint density at radius 2 is 0.656 bits per heavy atom. The topological polar surface area (TPSA) is 12.9 Å². The molecule has 2 aliphatic rings. The van der Waals surface area contributed by atoms with Crippen molar-refractivity contribution in [2.24, 2.45) is 0 Å². The van der Waals surface area contributed by atoms with Gasteiger partial charge >= 0.3 is 0 Å².